The highest BCUT2D eigenvalue weighted by atomic mass is 16.3. The van der Waals surface area contributed by atoms with Crippen LogP contribution in [-0.4, -0.2) is 9.13 Å². The van der Waals surface area contributed by atoms with E-state index in [-0.39, 0.29) is 0 Å². The van der Waals surface area contributed by atoms with Crippen LogP contribution in [0.25, 0.3) is 132 Å². The van der Waals surface area contributed by atoms with Crippen molar-refractivity contribution >= 4 is 98.3 Å². The second-order valence-electron chi connectivity index (χ2n) is 15.2. The van der Waals surface area contributed by atoms with Crippen LogP contribution in [0.2, 0.25) is 0 Å². The summed E-state index contributed by atoms with van der Waals surface area (Å²) in [5.74, 6) is 0. The first-order valence-electron chi connectivity index (χ1n) is 19.2. The molecule has 0 amide bonds. The van der Waals surface area contributed by atoms with Gasteiger partial charge in [0.1, 0.15) is 22.3 Å². The van der Waals surface area contributed by atoms with E-state index in [9.17, 15) is 0 Å². The highest BCUT2D eigenvalue weighted by Crippen LogP contribution is 2.51. The molecular formula is C52H28N2O2. The Kier molecular flexibility index (Phi) is 5.23. The second kappa shape index (κ2) is 10.1. The van der Waals surface area contributed by atoms with E-state index < -0.39 is 0 Å². The molecule has 4 heteroatoms. The van der Waals surface area contributed by atoms with Gasteiger partial charge in [0, 0.05) is 60.2 Å². The Labute approximate surface area is 318 Å². The molecule has 9 aromatic carbocycles. The van der Waals surface area contributed by atoms with Crippen molar-refractivity contribution in [2.24, 2.45) is 0 Å². The number of nitrogens with zero attached hydrogens (tertiary/aromatic N) is 2. The van der Waals surface area contributed by atoms with Gasteiger partial charge in [-0.05, 0) is 100 Å². The predicted octanol–water partition coefficient (Wildman–Crippen LogP) is 14.5. The number of rotatable bonds is 3. The molecule has 0 radical (unpaired) electrons. The van der Waals surface area contributed by atoms with Crippen LogP contribution in [-0.2, 0) is 0 Å². The van der Waals surface area contributed by atoms with Crippen molar-refractivity contribution in [2.75, 3.05) is 0 Å². The number of furan rings is 2. The number of para-hydroxylation sites is 3. The van der Waals surface area contributed by atoms with Gasteiger partial charge in [0.15, 0.2) is 0 Å². The van der Waals surface area contributed by atoms with E-state index in [1.807, 2.05) is 0 Å². The average Bonchev–Trinajstić information content (AvgIpc) is 3.98. The van der Waals surface area contributed by atoms with Crippen molar-refractivity contribution in [3.63, 3.8) is 0 Å². The van der Waals surface area contributed by atoms with Crippen LogP contribution in [0, 0.1) is 0 Å². The average molecular weight is 713 g/mol. The lowest BCUT2D eigenvalue weighted by molar-refractivity contribution is 0.669. The summed E-state index contributed by atoms with van der Waals surface area (Å²) in [6.07, 6.45) is 0. The van der Waals surface area contributed by atoms with E-state index in [0.717, 1.165) is 44.4 Å². The van der Waals surface area contributed by atoms with Gasteiger partial charge in [0.05, 0.1) is 27.8 Å². The molecular weight excluding hydrogens is 685 g/mol. The Morgan fingerprint density at radius 1 is 0.304 bits per heavy atom. The number of hydrogen-bond acceptors (Lipinski definition) is 2. The number of benzene rings is 9. The van der Waals surface area contributed by atoms with Crippen LogP contribution in [0.15, 0.2) is 179 Å². The molecule has 0 saturated carbocycles. The first-order valence-corrected chi connectivity index (χ1v) is 19.2. The molecule has 0 spiro atoms. The van der Waals surface area contributed by atoms with E-state index in [1.165, 1.54) is 87.5 Å². The molecule has 14 rings (SSSR count). The van der Waals surface area contributed by atoms with E-state index in [0.29, 0.717) is 0 Å². The molecule has 1 aliphatic carbocycles. The SMILES string of the molecule is c1ccc(-n2c3ccccc3c3cc(-c4ccc5c(c4)c4ccccc4n5-c4cc5c6c(c4)oc4ccc7ccc8oc9cccc-5c9c8c7c46)ccc32)cc1. The molecule has 0 atom stereocenters. The van der Waals surface area contributed by atoms with Gasteiger partial charge in [-0.15, -0.1) is 0 Å². The zero-order valence-corrected chi connectivity index (χ0v) is 29.9. The highest BCUT2D eigenvalue weighted by Gasteiger charge is 2.26. The normalized spacial score (nSPS) is 12.6. The Morgan fingerprint density at radius 2 is 0.857 bits per heavy atom. The minimum atomic E-state index is 0.890. The maximum atomic E-state index is 6.78. The molecule has 258 valence electrons. The highest BCUT2D eigenvalue weighted by molar-refractivity contribution is 6.37. The summed E-state index contributed by atoms with van der Waals surface area (Å²) in [7, 11) is 0. The first kappa shape index (κ1) is 28.9. The standard InChI is InChI=1S/C52H28N2O2/c1-2-9-32(10-3-1)53-40-14-6-4-11-34(40)37-25-30(17-21-42(37)53)31-18-22-43-38(26-31)35-12-5-7-15-41(35)54(43)33-27-39-36-13-8-16-44-49(36)51-45(55-44)23-19-29-20-24-46-52(48(29)51)50(39)47(28-33)56-46/h1-28H. The summed E-state index contributed by atoms with van der Waals surface area (Å²) in [6, 6.07) is 61.6. The zero-order chi connectivity index (χ0) is 36.2. The van der Waals surface area contributed by atoms with Crippen molar-refractivity contribution in [3.05, 3.63) is 170 Å². The van der Waals surface area contributed by atoms with Crippen LogP contribution in [0.3, 0.4) is 0 Å². The Bertz CT molecular complexity index is 3870. The van der Waals surface area contributed by atoms with Gasteiger partial charge >= 0.3 is 0 Å². The molecule has 4 nitrogen and oxygen atoms in total. The van der Waals surface area contributed by atoms with E-state index in [2.05, 4.69) is 179 Å². The number of hydrogen-bond donors (Lipinski definition) is 0. The first-order chi connectivity index (χ1) is 27.8. The van der Waals surface area contributed by atoms with Crippen LogP contribution < -0.4 is 0 Å². The molecule has 0 fully saturated rings. The van der Waals surface area contributed by atoms with Crippen molar-refractivity contribution in [3.8, 4) is 33.6 Å². The summed E-state index contributed by atoms with van der Waals surface area (Å²) < 4.78 is 18.0. The molecule has 4 aromatic heterocycles. The lowest BCUT2D eigenvalue weighted by Gasteiger charge is -2.12. The maximum absolute atomic E-state index is 6.78. The molecule has 4 heterocycles. The molecule has 56 heavy (non-hydrogen) atoms. The van der Waals surface area contributed by atoms with Gasteiger partial charge in [0.2, 0.25) is 0 Å². The van der Waals surface area contributed by atoms with Gasteiger partial charge in [-0.1, -0.05) is 91.0 Å². The van der Waals surface area contributed by atoms with Crippen LogP contribution in [0.1, 0.15) is 0 Å². The number of fused-ring (bicyclic) bond motifs is 7. The summed E-state index contributed by atoms with van der Waals surface area (Å²) in [4.78, 5) is 0. The summed E-state index contributed by atoms with van der Waals surface area (Å²) >= 11 is 0. The lowest BCUT2D eigenvalue weighted by Crippen LogP contribution is -1.95. The molecule has 1 aliphatic rings. The third-order valence-electron chi connectivity index (χ3n) is 12.4. The van der Waals surface area contributed by atoms with E-state index >= 15 is 0 Å². The van der Waals surface area contributed by atoms with E-state index in [1.54, 1.807) is 0 Å². The molecule has 0 unspecified atom stereocenters. The molecule has 0 aliphatic heterocycles. The Hall–Kier alpha value is -7.56. The fourth-order valence-corrected chi connectivity index (χ4v) is 10.1. The summed E-state index contributed by atoms with van der Waals surface area (Å²) in [5, 5.41) is 12.0. The molecule has 0 N–H and O–H groups in total. The van der Waals surface area contributed by atoms with Crippen molar-refractivity contribution in [1.29, 1.82) is 0 Å². The molecule has 0 bridgehead atoms. The van der Waals surface area contributed by atoms with Crippen LogP contribution in [0.4, 0.5) is 0 Å². The Morgan fingerprint density at radius 3 is 1.54 bits per heavy atom. The predicted molar refractivity (Wildman–Crippen MR) is 232 cm³/mol. The van der Waals surface area contributed by atoms with Crippen molar-refractivity contribution in [1.82, 2.24) is 9.13 Å². The van der Waals surface area contributed by atoms with Crippen molar-refractivity contribution < 1.29 is 8.83 Å². The minimum Gasteiger partial charge on any atom is -0.456 e. The topological polar surface area (TPSA) is 36.1 Å². The molecule has 0 saturated heterocycles. The van der Waals surface area contributed by atoms with Crippen molar-refractivity contribution in [2.45, 2.75) is 0 Å². The fraction of sp³-hybridized carbons (Fsp3) is 0. The number of aromatic nitrogens is 2. The van der Waals surface area contributed by atoms with Crippen LogP contribution >= 0.6 is 0 Å². The smallest absolute Gasteiger partial charge is 0.138 e. The third kappa shape index (κ3) is 3.55. The minimum absolute atomic E-state index is 0.890. The van der Waals surface area contributed by atoms with Gasteiger partial charge in [-0.3, -0.25) is 0 Å². The largest absolute Gasteiger partial charge is 0.456 e. The lowest BCUT2D eigenvalue weighted by atomic mass is 9.97. The van der Waals surface area contributed by atoms with Gasteiger partial charge in [0.25, 0.3) is 0 Å². The fourth-order valence-electron chi connectivity index (χ4n) is 10.1. The van der Waals surface area contributed by atoms with Crippen LogP contribution in [0.5, 0.6) is 0 Å². The monoisotopic (exact) mass is 712 g/mol. The third-order valence-corrected chi connectivity index (χ3v) is 12.4. The van der Waals surface area contributed by atoms with Gasteiger partial charge in [-0.2, -0.15) is 0 Å². The maximum Gasteiger partial charge on any atom is 0.138 e. The second-order valence-corrected chi connectivity index (χ2v) is 15.2. The van der Waals surface area contributed by atoms with Gasteiger partial charge < -0.3 is 18.0 Å². The summed E-state index contributed by atoms with van der Waals surface area (Å²) in [5.41, 5.74) is 15.3. The zero-order valence-electron chi connectivity index (χ0n) is 29.9. The Balaban J connectivity index is 1.01. The summed E-state index contributed by atoms with van der Waals surface area (Å²) in [6.45, 7) is 0. The molecule has 13 aromatic rings. The quantitative estimate of drug-likeness (QED) is 0.183. The van der Waals surface area contributed by atoms with Gasteiger partial charge in [-0.25, -0.2) is 0 Å². The van der Waals surface area contributed by atoms with E-state index in [4.69, 9.17) is 8.83 Å².